The van der Waals surface area contributed by atoms with Crippen LogP contribution < -0.4 is 0 Å². The van der Waals surface area contributed by atoms with Gasteiger partial charge >= 0.3 is 0 Å². The van der Waals surface area contributed by atoms with E-state index in [1.807, 2.05) is 0 Å². The molecule has 0 spiro atoms. The van der Waals surface area contributed by atoms with Crippen molar-refractivity contribution in [3.05, 3.63) is 70.8 Å². The van der Waals surface area contributed by atoms with Gasteiger partial charge in [-0.05, 0) is 61.8 Å². The van der Waals surface area contributed by atoms with Gasteiger partial charge < -0.3 is 0 Å². The first-order valence-electron chi connectivity index (χ1n) is 9.51. The molecule has 2 amide bonds. The molecular weight excluding hydrogens is 368 g/mol. The summed E-state index contributed by atoms with van der Waals surface area (Å²) < 4.78 is 0. The Kier molecular flexibility index (Phi) is 5.18. The van der Waals surface area contributed by atoms with Gasteiger partial charge in [0.25, 0.3) is 11.8 Å². The van der Waals surface area contributed by atoms with Gasteiger partial charge in [0.05, 0.1) is 21.7 Å². The molecule has 0 saturated carbocycles. The molecule has 5 heteroatoms. The molecule has 1 aromatic heterocycles. The van der Waals surface area contributed by atoms with Crippen LogP contribution in [0.5, 0.6) is 0 Å². The van der Waals surface area contributed by atoms with E-state index in [-0.39, 0.29) is 11.8 Å². The summed E-state index contributed by atoms with van der Waals surface area (Å²) in [7, 11) is 0. The summed E-state index contributed by atoms with van der Waals surface area (Å²) in [6.45, 7) is 4.68. The lowest BCUT2D eigenvalue weighted by Gasteiger charge is -2.13. The third kappa shape index (κ3) is 3.42. The fraction of sp³-hybridized carbons (Fsp3) is 0.261. The van der Waals surface area contributed by atoms with E-state index in [0.29, 0.717) is 17.7 Å². The Balaban J connectivity index is 1.32. The minimum atomic E-state index is -0.171. The second-order valence-electron chi connectivity index (χ2n) is 7.11. The number of amides is 2. The Morgan fingerprint density at radius 3 is 2.32 bits per heavy atom. The first-order valence-corrected chi connectivity index (χ1v) is 10.5. The van der Waals surface area contributed by atoms with E-state index in [2.05, 4.69) is 38.1 Å². The fourth-order valence-corrected chi connectivity index (χ4v) is 4.57. The van der Waals surface area contributed by atoms with Crippen LogP contribution in [0.4, 0.5) is 0 Å². The zero-order valence-corrected chi connectivity index (χ0v) is 16.9. The maximum Gasteiger partial charge on any atom is 0.261 e. The van der Waals surface area contributed by atoms with Gasteiger partial charge in [-0.3, -0.25) is 14.5 Å². The van der Waals surface area contributed by atoms with Crippen molar-refractivity contribution in [1.29, 1.82) is 0 Å². The highest BCUT2D eigenvalue weighted by atomic mass is 32.2. The van der Waals surface area contributed by atoms with Gasteiger partial charge in [-0.25, -0.2) is 4.98 Å². The van der Waals surface area contributed by atoms with E-state index in [4.69, 9.17) is 4.98 Å². The number of aromatic nitrogens is 1. The first kappa shape index (κ1) is 18.7. The average Bonchev–Trinajstić information content (AvgIpc) is 2.94. The van der Waals surface area contributed by atoms with Crippen molar-refractivity contribution in [3.8, 4) is 0 Å². The number of carbonyl (C=O) groups excluding carboxylic acids is 2. The van der Waals surface area contributed by atoms with Gasteiger partial charge in [0.15, 0.2) is 0 Å². The van der Waals surface area contributed by atoms with E-state index < -0.39 is 0 Å². The minimum Gasteiger partial charge on any atom is -0.274 e. The van der Waals surface area contributed by atoms with Crippen LogP contribution in [0.25, 0.3) is 10.9 Å². The number of rotatable bonds is 6. The van der Waals surface area contributed by atoms with Crippen LogP contribution in [0.1, 0.15) is 44.7 Å². The van der Waals surface area contributed by atoms with Crippen molar-refractivity contribution in [2.24, 2.45) is 0 Å². The topological polar surface area (TPSA) is 50.3 Å². The Morgan fingerprint density at radius 2 is 1.61 bits per heavy atom. The molecule has 0 aliphatic carbocycles. The van der Waals surface area contributed by atoms with Crippen molar-refractivity contribution in [2.75, 3.05) is 12.3 Å². The van der Waals surface area contributed by atoms with Crippen LogP contribution in [0.2, 0.25) is 0 Å². The van der Waals surface area contributed by atoms with Crippen LogP contribution in [0.15, 0.2) is 53.6 Å². The van der Waals surface area contributed by atoms with Crippen LogP contribution in [0.3, 0.4) is 0 Å². The lowest BCUT2D eigenvalue weighted by Crippen LogP contribution is -2.30. The van der Waals surface area contributed by atoms with E-state index >= 15 is 0 Å². The number of pyridine rings is 1. The number of carbonyl (C=O) groups is 2. The molecule has 0 unspecified atom stereocenters. The average molecular weight is 391 g/mol. The third-order valence-corrected chi connectivity index (χ3v) is 6.13. The predicted molar refractivity (Wildman–Crippen MR) is 113 cm³/mol. The molecule has 2 heterocycles. The SMILES string of the molecule is Cc1cc(SCCCCN2C(=O)c3ccccc3C2=O)nc2c(C)cccc12. The molecule has 1 aliphatic rings. The van der Waals surface area contributed by atoms with Crippen molar-refractivity contribution in [3.63, 3.8) is 0 Å². The summed E-state index contributed by atoms with van der Waals surface area (Å²) in [4.78, 5) is 30.9. The van der Waals surface area contributed by atoms with E-state index in [1.165, 1.54) is 21.4 Å². The number of hydrogen-bond donors (Lipinski definition) is 0. The van der Waals surface area contributed by atoms with Crippen molar-refractivity contribution < 1.29 is 9.59 Å². The van der Waals surface area contributed by atoms with Crippen LogP contribution in [-0.4, -0.2) is 34.0 Å². The number of para-hydroxylation sites is 1. The third-order valence-electron chi connectivity index (χ3n) is 5.13. The lowest BCUT2D eigenvalue weighted by molar-refractivity contribution is 0.0652. The molecule has 3 aromatic rings. The highest BCUT2D eigenvalue weighted by Crippen LogP contribution is 2.27. The maximum absolute atomic E-state index is 12.4. The molecule has 0 saturated heterocycles. The number of benzene rings is 2. The Labute approximate surface area is 169 Å². The highest BCUT2D eigenvalue weighted by Gasteiger charge is 2.34. The predicted octanol–water partition coefficient (Wildman–Crippen LogP) is 5.02. The molecule has 4 rings (SSSR count). The normalized spacial score (nSPS) is 13.4. The van der Waals surface area contributed by atoms with Gasteiger partial charge in [-0.15, -0.1) is 11.8 Å². The smallest absolute Gasteiger partial charge is 0.261 e. The summed E-state index contributed by atoms with van der Waals surface area (Å²) in [5.41, 5.74) is 4.54. The summed E-state index contributed by atoms with van der Waals surface area (Å²) >= 11 is 1.73. The number of thioether (sulfide) groups is 1. The lowest BCUT2D eigenvalue weighted by atomic mass is 10.1. The molecule has 0 bridgehead atoms. The minimum absolute atomic E-state index is 0.171. The summed E-state index contributed by atoms with van der Waals surface area (Å²) in [6.07, 6.45) is 1.72. The number of hydrogen-bond acceptors (Lipinski definition) is 4. The number of unbranched alkanes of at least 4 members (excludes halogenated alkanes) is 1. The zero-order valence-electron chi connectivity index (χ0n) is 16.1. The van der Waals surface area contributed by atoms with Crippen molar-refractivity contribution >= 4 is 34.5 Å². The van der Waals surface area contributed by atoms with Crippen molar-refractivity contribution in [1.82, 2.24) is 9.88 Å². The summed E-state index contributed by atoms with van der Waals surface area (Å²) in [5.74, 6) is 0.568. The quantitative estimate of drug-likeness (QED) is 0.337. The Bertz CT molecular complexity index is 1040. The Morgan fingerprint density at radius 1 is 0.893 bits per heavy atom. The highest BCUT2D eigenvalue weighted by molar-refractivity contribution is 7.99. The largest absolute Gasteiger partial charge is 0.274 e. The zero-order chi connectivity index (χ0) is 19.7. The van der Waals surface area contributed by atoms with Crippen molar-refractivity contribution in [2.45, 2.75) is 31.7 Å². The number of nitrogens with zero attached hydrogens (tertiary/aromatic N) is 2. The van der Waals surface area contributed by atoms with E-state index in [1.54, 1.807) is 36.0 Å². The second kappa shape index (κ2) is 7.76. The van der Waals surface area contributed by atoms with Gasteiger partial charge in [0.1, 0.15) is 0 Å². The number of aryl methyl sites for hydroxylation is 2. The molecule has 28 heavy (non-hydrogen) atoms. The monoisotopic (exact) mass is 390 g/mol. The molecule has 0 N–H and O–H groups in total. The Hall–Kier alpha value is -2.66. The molecule has 1 aliphatic heterocycles. The standard InChI is InChI=1S/C23H22N2O2S/c1-15-8-7-11-17-16(2)14-20(24-21(15)17)28-13-6-5-12-25-22(26)18-9-3-4-10-19(18)23(25)27/h3-4,7-11,14H,5-6,12-13H2,1-2H3. The van der Waals surface area contributed by atoms with Gasteiger partial charge in [0, 0.05) is 11.9 Å². The molecular formula is C23H22N2O2S. The molecule has 142 valence electrons. The summed E-state index contributed by atoms with van der Waals surface area (Å²) in [6, 6.07) is 15.4. The fourth-order valence-electron chi connectivity index (χ4n) is 3.60. The van der Waals surface area contributed by atoms with Gasteiger partial charge in [0.2, 0.25) is 0 Å². The first-order chi connectivity index (χ1) is 13.6. The van der Waals surface area contributed by atoms with Gasteiger partial charge in [-0.2, -0.15) is 0 Å². The van der Waals surface area contributed by atoms with E-state index in [0.717, 1.165) is 29.1 Å². The molecule has 0 radical (unpaired) electrons. The van der Waals surface area contributed by atoms with Crippen LogP contribution >= 0.6 is 11.8 Å². The second-order valence-corrected chi connectivity index (χ2v) is 8.23. The van der Waals surface area contributed by atoms with E-state index in [9.17, 15) is 9.59 Å². The van der Waals surface area contributed by atoms with Crippen LogP contribution in [0, 0.1) is 13.8 Å². The molecule has 4 nitrogen and oxygen atoms in total. The number of fused-ring (bicyclic) bond motifs is 2. The van der Waals surface area contributed by atoms with Gasteiger partial charge in [-0.1, -0.05) is 30.3 Å². The van der Waals surface area contributed by atoms with Crippen LogP contribution in [-0.2, 0) is 0 Å². The maximum atomic E-state index is 12.4. The number of imide groups is 1. The molecule has 0 atom stereocenters. The summed E-state index contributed by atoms with van der Waals surface area (Å²) in [5, 5.41) is 2.23. The molecule has 2 aromatic carbocycles. The molecule has 0 fully saturated rings.